The number of hydrogen-bond donors (Lipinski definition) is 3. The van der Waals surface area contributed by atoms with Gasteiger partial charge in [-0.25, -0.2) is 0 Å². The zero-order valence-electron chi connectivity index (χ0n) is 14.6. The number of benzene rings is 2. The number of nitrogens with zero attached hydrogens (tertiary/aromatic N) is 1. The van der Waals surface area contributed by atoms with E-state index in [-0.39, 0.29) is 23.0 Å². The van der Waals surface area contributed by atoms with Crippen molar-refractivity contribution in [2.24, 2.45) is 5.92 Å². The number of nitro benzene ring substituents is 1. The van der Waals surface area contributed by atoms with E-state index in [0.717, 1.165) is 18.2 Å². The van der Waals surface area contributed by atoms with Crippen LogP contribution in [0.15, 0.2) is 42.5 Å². The average Bonchev–Trinajstić information content (AvgIpc) is 2.61. The van der Waals surface area contributed by atoms with Crippen molar-refractivity contribution in [2.45, 2.75) is 19.9 Å². The normalized spacial score (nSPS) is 11.7. The van der Waals surface area contributed by atoms with Crippen molar-refractivity contribution in [2.75, 3.05) is 5.32 Å². The molecule has 0 spiro atoms. The van der Waals surface area contributed by atoms with Crippen LogP contribution in [0.1, 0.15) is 24.2 Å². The minimum atomic E-state index is -0.924. The average molecular weight is 392 g/mol. The first kappa shape index (κ1) is 20.2. The van der Waals surface area contributed by atoms with Gasteiger partial charge in [0.25, 0.3) is 11.6 Å². The number of phenols is 1. The van der Waals surface area contributed by atoms with Crippen LogP contribution in [0.4, 0.5) is 11.4 Å². The third kappa shape index (κ3) is 5.18. The molecule has 0 bridgehead atoms. The monoisotopic (exact) mass is 391 g/mol. The molecule has 142 valence electrons. The van der Waals surface area contributed by atoms with Gasteiger partial charge in [-0.2, -0.15) is 0 Å². The van der Waals surface area contributed by atoms with E-state index >= 15 is 0 Å². The summed E-state index contributed by atoms with van der Waals surface area (Å²) in [6.07, 6.45) is 0. The van der Waals surface area contributed by atoms with Crippen LogP contribution in [-0.2, 0) is 4.79 Å². The highest BCUT2D eigenvalue weighted by Crippen LogP contribution is 2.28. The Morgan fingerprint density at radius 3 is 2.33 bits per heavy atom. The second-order valence-corrected chi connectivity index (χ2v) is 6.59. The van der Waals surface area contributed by atoms with Crippen molar-refractivity contribution in [1.82, 2.24) is 5.32 Å². The summed E-state index contributed by atoms with van der Waals surface area (Å²) < 4.78 is 0. The van der Waals surface area contributed by atoms with E-state index in [1.807, 2.05) is 0 Å². The van der Waals surface area contributed by atoms with Crippen LogP contribution < -0.4 is 10.6 Å². The summed E-state index contributed by atoms with van der Waals surface area (Å²) in [5.41, 5.74) is -0.0639. The first-order valence-electron chi connectivity index (χ1n) is 8.03. The molecule has 0 fully saturated rings. The van der Waals surface area contributed by atoms with Gasteiger partial charge in [-0.1, -0.05) is 25.4 Å². The number of amides is 2. The molecule has 3 N–H and O–H groups in total. The Kier molecular flexibility index (Phi) is 6.36. The maximum Gasteiger partial charge on any atom is 0.271 e. The quantitative estimate of drug-likeness (QED) is 0.396. The first-order chi connectivity index (χ1) is 12.7. The molecule has 8 nitrogen and oxygen atoms in total. The first-order valence-corrected chi connectivity index (χ1v) is 8.41. The molecule has 0 aliphatic heterocycles. The van der Waals surface area contributed by atoms with E-state index in [2.05, 4.69) is 10.6 Å². The fourth-order valence-electron chi connectivity index (χ4n) is 2.31. The lowest BCUT2D eigenvalue weighted by Crippen LogP contribution is -2.47. The number of aromatic hydroxyl groups is 1. The molecule has 0 radical (unpaired) electrons. The van der Waals surface area contributed by atoms with Gasteiger partial charge in [0.2, 0.25) is 5.91 Å². The lowest BCUT2D eigenvalue weighted by molar-refractivity contribution is -0.384. The number of hydrogen-bond acceptors (Lipinski definition) is 5. The van der Waals surface area contributed by atoms with Crippen LogP contribution >= 0.6 is 11.6 Å². The Bertz CT molecular complexity index is 868. The smallest absolute Gasteiger partial charge is 0.271 e. The third-order valence-corrected chi connectivity index (χ3v) is 4.04. The van der Waals surface area contributed by atoms with Gasteiger partial charge < -0.3 is 15.7 Å². The largest absolute Gasteiger partial charge is 0.506 e. The molecule has 2 rings (SSSR count). The molecule has 0 aliphatic carbocycles. The fourth-order valence-corrected chi connectivity index (χ4v) is 2.43. The van der Waals surface area contributed by atoms with Gasteiger partial charge in [-0.15, -0.1) is 0 Å². The SMILES string of the molecule is CC(C)C(NC(=O)c1ccc(Cl)cc1)C(=O)Nc1cc([N+](=O)[O-])ccc1O. The maximum atomic E-state index is 12.6. The summed E-state index contributed by atoms with van der Waals surface area (Å²) in [5.74, 6) is -1.67. The number of nitrogens with one attached hydrogen (secondary N) is 2. The van der Waals surface area contributed by atoms with Crippen molar-refractivity contribution in [1.29, 1.82) is 0 Å². The molecule has 0 aliphatic rings. The molecule has 27 heavy (non-hydrogen) atoms. The van der Waals surface area contributed by atoms with E-state index in [4.69, 9.17) is 11.6 Å². The van der Waals surface area contributed by atoms with Gasteiger partial charge >= 0.3 is 0 Å². The minimum Gasteiger partial charge on any atom is -0.506 e. The number of carbonyl (C=O) groups excluding carboxylic acids is 2. The second kappa shape index (κ2) is 8.50. The van der Waals surface area contributed by atoms with Crippen LogP contribution in [0.2, 0.25) is 5.02 Å². The Morgan fingerprint density at radius 2 is 1.78 bits per heavy atom. The predicted molar refractivity (Wildman–Crippen MR) is 101 cm³/mol. The number of rotatable bonds is 6. The summed E-state index contributed by atoms with van der Waals surface area (Å²) in [5, 5.41) is 26.2. The van der Waals surface area contributed by atoms with Crippen molar-refractivity contribution >= 4 is 34.8 Å². The molecule has 0 aromatic heterocycles. The van der Waals surface area contributed by atoms with Crippen LogP contribution in [-0.4, -0.2) is 27.9 Å². The summed E-state index contributed by atoms with van der Waals surface area (Å²) >= 11 is 5.80. The summed E-state index contributed by atoms with van der Waals surface area (Å²) in [6, 6.07) is 8.53. The predicted octanol–water partition coefficient (Wildman–Crippen LogP) is 3.35. The topological polar surface area (TPSA) is 122 Å². The number of carbonyl (C=O) groups is 2. The molecule has 2 aromatic carbocycles. The minimum absolute atomic E-state index is 0.111. The molecule has 9 heteroatoms. The van der Waals surface area contributed by atoms with Crippen LogP contribution in [0, 0.1) is 16.0 Å². The second-order valence-electron chi connectivity index (χ2n) is 6.15. The number of nitro groups is 1. The van der Waals surface area contributed by atoms with Gasteiger partial charge in [0.1, 0.15) is 11.8 Å². The lowest BCUT2D eigenvalue weighted by Gasteiger charge is -2.22. The molecule has 0 saturated heterocycles. The van der Waals surface area contributed by atoms with E-state index in [1.165, 1.54) is 12.1 Å². The summed E-state index contributed by atoms with van der Waals surface area (Å²) in [6.45, 7) is 3.47. The Labute approximate surface area is 160 Å². The molecule has 0 heterocycles. The maximum absolute atomic E-state index is 12.6. The standard InChI is InChI=1S/C18H18ClN3O5/c1-10(2)16(21-17(24)11-3-5-12(19)6-4-11)18(25)20-14-9-13(22(26)27)7-8-15(14)23/h3-10,16,23H,1-2H3,(H,20,25)(H,21,24). The number of anilines is 1. The Hall–Kier alpha value is -3.13. The molecular weight excluding hydrogens is 374 g/mol. The van der Waals surface area contributed by atoms with Crippen molar-refractivity contribution in [3.8, 4) is 5.75 Å². The molecule has 1 unspecified atom stereocenters. The molecular formula is C18H18ClN3O5. The van der Waals surface area contributed by atoms with E-state index < -0.39 is 22.8 Å². The molecule has 1 atom stereocenters. The van der Waals surface area contributed by atoms with Gasteiger partial charge in [0, 0.05) is 22.7 Å². The Balaban J connectivity index is 2.18. The highest BCUT2D eigenvalue weighted by atomic mass is 35.5. The van der Waals surface area contributed by atoms with E-state index in [1.54, 1.807) is 26.0 Å². The van der Waals surface area contributed by atoms with Crippen molar-refractivity contribution < 1.29 is 19.6 Å². The van der Waals surface area contributed by atoms with Gasteiger partial charge in [0.05, 0.1) is 10.6 Å². The lowest BCUT2D eigenvalue weighted by atomic mass is 10.0. The van der Waals surface area contributed by atoms with Crippen LogP contribution in [0.3, 0.4) is 0 Å². The zero-order valence-corrected chi connectivity index (χ0v) is 15.4. The van der Waals surface area contributed by atoms with Crippen molar-refractivity contribution in [3.05, 3.63) is 63.2 Å². The van der Waals surface area contributed by atoms with Crippen molar-refractivity contribution in [3.63, 3.8) is 0 Å². The molecule has 0 saturated carbocycles. The van der Waals surface area contributed by atoms with E-state index in [0.29, 0.717) is 10.6 Å². The van der Waals surface area contributed by atoms with Crippen LogP contribution in [0.5, 0.6) is 5.75 Å². The van der Waals surface area contributed by atoms with Gasteiger partial charge in [-0.3, -0.25) is 19.7 Å². The third-order valence-electron chi connectivity index (χ3n) is 3.79. The number of phenolic OH excluding ortho intramolecular Hbond substituents is 1. The number of halogens is 1. The van der Waals surface area contributed by atoms with Gasteiger partial charge in [-0.05, 0) is 36.2 Å². The molecule has 2 aromatic rings. The summed E-state index contributed by atoms with van der Waals surface area (Å²) in [4.78, 5) is 35.2. The zero-order chi connectivity index (χ0) is 20.1. The Morgan fingerprint density at radius 1 is 1.15 bits per heavy atom. The fraction of sp³-hybridized carbons (Fsp3) is 0.222. The summed E-state index contributed by atoms with van der Waals surface area (Å²) in [7, 11) is 0. The van der Waals surface area contributed by atoms with E-state index in [9.17, 15) is 24.8 Å². The highest BCUT2D eigenvalue weighted by Gasteiger charge is 2.26. The number of non-ortho nitro benzene ring substituents is 1. The highest BCUT2D eigenvalue weighted by molar-refractivity contribution is 6.30. The molecule has 2 amide bonds. The van der Waals surface area contributed by atoms with Crippen LogP contribution in [0.25, 0.3) is 0 Å². The van der Waals surface area contributed by atoms with Gasteiger partial charge in [0.15, 0.2) is 0 Å².